The molecule has 0 aliphatic heterocycles. The number of hydrogen-bond acceptors (Lipinski definition) is 3. The second kappa shape index (κ2) is 9.28. The van der Waals surface area contributed by atoms with E-state index in [0.29, 0.717) is 5.02 Å². The predicted molar refractivity (Wildman–Crippen MR) is 116 cm³/mol. The van der Waals surface area contributed by atoms with Crippen molar-refractivity contribution in [3.05, 3.63) is 64.2 Å². The van der Waals surface area contributed by atoms with Crippen LogP contribution in [0.1, 0.15) is 48.9 Å². The third kappa shape index (κ3) is 5.18. The number of aryl methyl sites for hydroxylation is 2. The summed E-state index contributed by atoms with van der Waals surface area (Å²) in [4.78, 5) is 12.7. The van der Waals surface area contributed by atoms with Gasteiger partial charge < -0.3 is 5.32 Å². The molecule has 1 N–H and O–H groups in total. The molecule has 0 saturated carbocycles. The number of halogens is 1. The maximum absolute atomic E-state index is 12.7. The van der Waals surface area contributed by atoms with Gasteiger partial charge in [-0.1, -0.05) is 36.7 Å². The lowest BCUT2D eigenvalue weighted by Gasteiger charge is -2.23. The SMILES string of the molecule is CC[C@@H](NC(=O)CN(C)S(=O)(=O)c1ccc(Cl)cc1)c1ccc2c(c1)CCCC2. The molecular weight excluding hydrogens is 408 g/mol. The van der Waals surface area contributed by atoms with E-state index in [1.54, 1.807) is 0 Å². The van der Waals surface area contributed by atoms with Crippen molar-refractivity contribution >= 4 is 27.5 Å². The Bertz CT molecular complexity index is 974. The van der Waals surface area contributed by atoms with Crippen molar-refractivity contribution in [1.82, 2.24) is 9.62 Å². The first kappa shape index (κ1) is 21.8. The van der Waals surface area contributed by atoms with Gasteiger partial charge in [0.05, 0.1) is 17.5 Å². The Labute approximate surface area is 178 Å². The first-order chi connectivity index (χ1) is 13.8. The van der Waals surface area contributed by atoms with Crippen LogP contribution in [0, 0.1) is 0 Å². The second-order valence-corrected chi connectivity index (χ2v) is 9.96. The molecule has 0 fully saturated rings. The van der Waals surface area contributed by atoms with Gasteiger partial charge in [0.2, 0.25) is 15.9 Å². The molecule has 0 heterocycles. The largest absolute Gasteiger partial charge is 0.348 e. The van der Waals surface area contributed by atoms with Gasteiger partial charge in [0.1, 0.15) is 0 Å². The minimum atomic E-state index is -3.76. The molecular formula is C22H27ClN2O3S. The number of fused-ring (bicyclic) bond motifs is 1. The Morgan fingerprint density at radius 3 is 2.41 bits per heavy atom. The van der Waals surface area contributed by atoms with Gasteiger partial charge in [-0.25, -0.2) is 8.42 Å². The number of amides is 1. The molecule has 0 unspecified atom stereocenters. The average Bonchev–Trinajstić information content (AvgIpc) is 2.72. The molecule has 2 aromatic rings. The van der Waals surface area contributed by atoms with E-state index in [9.17, 15) is 13.2 Å². The number of sulfonamides is 1. The summed E-state index contributed by atoms with van der Waals surface area (Å²) in [6.07, 6.45) is 5.36. The number of nitrogens with zero attached hydrogens (tertiary/aromatic N) is 1. The molecule has 1 aliphatic rings. The predicted octanol–water partition coefficient (Wildman–Crippen LogP) is 4.11. The highest BCUT2D eigenvalue weighted by Crippen LogP contribution is 2.26. The maximum Gasteiger partial charge on any atom is 0.243 e. The van der Waals surface area contributed by atoms with Crippen LogP contribution in [-0.2, 0) is 27.7 Å². The van der Waals surface area contributed by atoms with Gasteiger partial charge in [-0.05, 0) is 73.1 Å². The summed E-state index contributed by atoms with van der Waals surface area (Å²) >= 11 is 5.83. The highest BCUT2D eigenvalue weighted by molar-refractivity contribution is 7.89. The summed E-state index contributed by atoms with van der Waals surface area (Å²) in [7, 11) is -2.35. The number of hydrogen-bond donors (Lipinski definition) is 1. The van der Waals surface area contributed by atoms with E-state index in [1.807, 2.05) is 6.92 Å². The van der Waals surface area contributed by atoms with Gasteiger partial charge in [-0.2, -0.15) is 4.31 Å². The van der Waals surface area contributed by atoms with Crippen molar-refractivity contribution in [2.24, 2.45) is 0 Å². The molecule has 0 aromatic heterocycles. The lowest BCUT2D eigenvalue weighted by molar-refractivity contribution is -0.121. The normalized spacial score (nSPS) is 15.0. The molecule has 2 aromatic carbocycles. The third-order valence-electron chi connectivity index (χ3n) is 5.41. The number of carbonyl (C=O) groups is 1. The van der Waals surface area contributed by atoms with Crippen LogP contribution in [0.15, 0.2) is 47.4 Å². The van der Waals surface area contributed by atoms with Crippen molar-refractivity contribution in [3.8, 4) is 0 Å². The minimum absolute atomic E-state index is 0.110. The van der Waals surface area contributed by atoms with Gasteiger partial charge in [-0.3, -0.25) is 4.79 Å². The van der Waals surface area contributed by atoms with E-state index in [1.165, 1.54) is 55.3 Å². The molecule has 3 rings (SSSR count). The van der Waals surface area contributed by atoms with Gasteiger partial charge in [0, 0.05) is 12.1 Å². The highest BCUT2D eigenvalue weighted by atomic mass is 35.5. The topological polar surface area (TPSA) is 66.5 Å². The first-order valence-electron chi connectivity index (χ1n) is 9.94. The number of rotatable bonds is 7. The fraction of sp³-hybridized carbons (Fsp3) is 0.409. The quantitative estimate of drug-likeness (QED) is 0.713. The zero-order valence-corrected chi connectivity index (χ0v) is 18.4. The Morgan fingerprint density at radius 2 is 1.76 bits per heavy atom. The van der Waals surface area contributed by atoms with Crippen LogP contribution in [0.3, 0.4) is 0 Å². The van der Waals surface area contributed by atoms with Crippen molar-refractivity contribution in [2.75, 3.05) is 13.6 Å². The lowest BCUT2D eigenvalue weighted by Crippen LogP contribution is -2.39. The van der Waals surface area contributed by atoms with Crippen molar-refractivity contribution < 1.29 is 13.2 Å². The molecule has 156 valence electrons. The molecule has 7 heteroatoms. The third-order valence-corrected chi connectivity index (χ3v) is 7.48. The molecule has 1 aliphatic carbocycles. The van der Waals surface area contributed by atoms with Gasteiger partial charge >= 0.3 is 0 Å². The fourth-order valence-corrected chi connectivity index (χ4v) is 4.96. The van der Waals surface area contributed by atoms with E-state index >= 15 is 0 Å². The van der Waals surface area contributed by atoms with E-state index in [-0.39, 0.29) is 23.4 Å². The van der Waals surface area contributed by atoms with Crippen LogP contribution in [0.25, 0.3) is 0 Å². The number of nitrogens with one attached hydrogen (secondary N) is 1. The molecule has 1 amide bonds. The molecule has 29 heavy (non-hydrogen) atoms. The van der Waals surface area contributed by atoms with Crippen LogP contribution in [0.4, 0.5) is 0 Å². The zero-order valence-electron chi connectivity index (χ0n) is 16.8. The Balaban J connectivity index is 1.67. The standard InChI is InChI=1S/C22H27ClN2O3S/c1-3-21(18-9-8-16-6-4-5-7-17(16)14-18)24-22(26)15-25(2)29(27,28)20-12-10-19(23)11-13-20/h8-14,21H,3-7,15H2,1-2H3,(H,24,26)/t21-/m1/s1. The molecule has 0 spiro atoms. The van der Waals surface area contributed by atoms with Gasteiger partial charge in [-0.15, -0.1) is 0 Å². The molecule has 1 atom stereocenters. The molecule has 5 nitrogen and oxygen atoms in total. The van der Waals surface area contributed by atoms with Crippen LogP contribution < -0.4 is 5.32 Å². The number of benzene rings is 2. The summed E-state index contributed by atoms with van der Waals surface area (Å²) in [5, 5.41) is 3.45. The van der Waals surface area contributed by atoms with Crippen LogP contribution in [-0.4, -0.2) is 32.2 Å². The first-order valence-corrected chi connectivity index (χ1v) is 11.8. The number of likely N-dealkylation sites (N-methyl/N-ethyl adjacent to an activating group) is 1. The summed E-state index contributed by atoms with van der Waals surface area (Å²) in [5.41, 5.74) is 3.84. The summed E-state index contributed by atoms with van der Waals surface area (Å²) in [6, 6.07) is 12.2. The summed E-state index contributed by atoms with van der Waals surface area (Å²) < 4.78 is 26.4. The summed E-state index contributed by atoms with van der Waals surface area (Å²) in [5.74, 6) is -0.324. The van der Waals surface area contributed by atoms with Crippen LogP contribution in [0.5, 0.6) is 0 Å². The molecule has 0 saturated heterocycles. The zero-order chi connectivity index (χ0) is 21.0. The molecule has 0 bridgehead atoms. The highest BCUT2D eigenvalue weighted by Gasteiger charge is 2.24. The van der Waals surface area contributed by atoms with E-state index < -0.39 is 10.0 Å². The lowest BCUT2D eigenvalue weighted by atomic mass is 9.89. The fourth-order valence-electron chi connectivity index (χ4n) is 3.70. The van der Waals surface area contributed by atoms with Gasteiger partial charge in [0.15, 0.2) is 0 Å². The van der Waals surface area contributed by atoms with Gasteiger partial charge in [0.25, 0.3) is 0 Å². The smallest absolute Gasteiger partial charge is 0.243 e. The maximum atomic E-state index is 12.7. The summed E-state index contributed by atoms with van der Waals surface area (Å²) in [6.45, 7) is 1.77. The average molecular weight is 435 g/mol. The second-order valence-electron chi connectivity index (χ2n) is 7.48. The number of carbonyl (C=O) groups excluding carboxylic acids is 1. The minimum Gasteiger partial charge on any atom is -0.348 e. The van der Waals surface area contributed by atoms with E-state index in [4.69, 9.17) is 11.6 Å². The van der Waals surface area contributed by atoms with Crippen molar-refractivity contribution in [2.45, 2.75) is 50.0 Å². The van der Waals surface area contributed by atoms with Crippen molar-refractivity contribution in [1.29, 1.82) is 0 Å². The monoisotopic (exact) mass is 434 g/mol. The van der Waals surface area contributed by atoms with Crippen LogP contribution >= 0.6 is 11.6 Å². The van der Waals surface area contributed by atoms with E-state index in [0.717, 1.165) is 29.1 Å². The van der Waals surface area contributed by atoms with Crippen LogP contribution in [0.2, 0.25) is 5.02 Å². The Morgan fingerprint density at radius 1 is 1.10 bits per heavy atom. The van der Waals surface area contributed by atoms with Crippen molar-refractivity contribution in [3.63, 3.8) is 0 Å². The molecule has 0 radical (unpaired) electrons. The Hall–Kier alpha value is -1.89. The van der Waals surface area contributed by atoms with E-state index in [2.05, 4.69) is 23.5 Å². The Kier molecular flexibility index (Phi) is 6.98.